The minimum Gasteiger partial charge on any atom is -0.387 e. The highest BCUT2D eigenvalue weighted by atomic mass is 32.1. The first-order valence-corrected chi connectivity index (χ1v) is 13.1. The monoisotopic (exact) mass is 502 g/mol. The van der Waals surface area contributed by atoms with Gasteiger partial charge in [-0.15, -0.1) is 11.3 Å². The van der Waals surface area contributed by atoms with Crippen molar-refractivity contribution in [3.8, 4) is 11.8 Å². The van der Waals surface area contributed by atoms with E-state index in [1.54, 1.807) is 0 Å². The molecule has 1 saturated heterocycles. The van der Waals surface area contributed by atoms with Crippen LogP contribution in [-0.2, 0) is 14.4 Å². The average molecular weight is 503 g/mol. The zero-order valence-corrected chi connectivity index (χ0v) is 22.3. The van der Waals surface area contributed by atoms with Crippen LogP contribution in [0.25, 0.3) is 6.08 Å². The normalized spacial score (nSPS) is 18.0. The Hall–Kier alpha value is -2.22. The fourth-order valence-electron chi connectivity index (χ4n) is 3.96. The smallest absolute Gasteiger partial charge is 0.273 e. The summed E-state index contributed by atoms with van der Waals surface area (Å²) >= 11 is 1.52. The highest BCUT2D eigenvalue weighted by Gasteiger charge is 2.27. The van der Waals surface area contributed by atoms with Crippen molar-refractivity contribution in [2.75, 3.05) is 26.2 Å². The fourth-order valence-corrected chi connectivity index (χ4v) is 4.88. The molecule has 2 aliphatic heterocycles. The maximum atomic E-state index is 13.0. The van der Waals surface area contributed by atoms with Gasteiger partial charge in [-0.3, -0.25) is 14.5 Å². The van der Waals surface area contributed by atoms with Crippen LogP contribution in [0.2, 0.25) is 0 Å². The van der Waals surface area contributed by atoms with E-state index in [0.717, 1.165) is 47.8 Å². The summed E-state index contributed by atoms with van der Waals surface area (Å²) in [4.78, 5) is 26.8. The predicted molar refractivity (Wildman–Crippen MR) is 140 cm³/mol. The maximum absolute atomic E-state index is 13.0. The molecule has 0 aromatic carbocycles. The van der Waals surface area contributed by atoms with E-state index >= 15 is 0 Å². The molecule has 1 unspecified atom stereocenters. The third-order valence-electron chi connectivity index (χ3n) is 5.59. The van der Waals surface area contributed by atoms with Crippen molar-refractivity contribution in [2.45, 2.75) is 72.3 Å². The minimum atomic E-state index is -0.889. The Morgan fingerprint density at radius 2 is 2.09 bits per heavy atom. The minimum absolute atomic E-state index is 0.176. The molecule has 2 aliphatic rings. The maximum Gasteiger partial charge on any atom is 0.273 e. The number of ether oxygens (including phenoxy) is 1. The molecule has 8 nitrogen and oxygen atoms in total. The number of piperidine rings is 1. The second-order valence-electron chi connectivity index (χ2n) is 9.77. The molecule has 0 bridgehead atoms. The third-order valence-corrected chi connectivity index (χ3v) is 6.58. The summed E-state index contributed by atoms with van der Waals surface area (Å²) in [6.45, 7) is 12.1. The van der Waals surface area contributed by atoms with Crippen LogP contribution in [-0.4, -0.2) is 65.1 Å². The summed E-state index contributed by atoms with van der Waals surface area (Å²) < 4.78 is 5.66. The SMILES string of the molecule is CCCN(OCC)C(=O)C1=Cc2sc(C#CC3CCN(C(O)OC(C)(C)C)CC3)cc2N=C(N)C1. The molecule has 1 fully saturated rings. The van der Waals surface area contributed by atoms with E-state index < -0.39 is 12.0 Å². The number of hydrogen-bond acceptors (Lipinski definition) is 8. The molecule has 3 heterocycles. The van der Waals surface area contributed by atoms with E-state index in [1.165, 1.54) is 16.4 Å². The van der Waals surface area contributed by atoms with Gasteiger partial charge in [0.15, 0.2) is 0 Å². The van der Waals surface area contributed by atoms with Crippen molar-refractivity contribution < 1.29 is 19.5 Å². The van der Waals surface area contributed by atoms with Gasteiger partial charge in [0.05, 0.1) is 27.6 Å². The number of nitrogens with zero attached hydrogens (tertiary/aromatic N) is 3. The Balaban J connectivity index is 1.69. The lowest BCUT2D eigenvalue weighted by molar-refractivity contribution is -0.242. The Morgan fingerprint density at radius 3 is 2.71 bits per heavy atom. The van der Waals surface area contributed by atoms with E-state index in [4.69, 9.17) is 15.3 Å². The van der Waals surface area contributed by atoms with Crippen LogP contribution in [0, 0.1) is 17.8 Å². The molecule has 0 radical (unpaired) electrons. The molecule has 1 aromatic rings. The summed E-state index contributed by atoms with van der Waals surface area (Å²) in [6.07, 6.45) is 3.81. The van der Waals surface area contributed by atoms with Crippen LogP contribution in [0.4, 0.5) is 5.69 Å². The van der Waals surface area contributed by atoms with Crippen LogP contribution in [0.5, 0.6) is 0 Å². The van der Waals surface area contributed by atoms with E-state index in [2.05, 4.69) is 16.8 Å². The molecule has 0 saturated carbocycles. The largest absolute Gasteiger partial charge is 0.387 e. The predicted octanol–water partition coefficient (Wildman–Crippen LogP) is 3.87. The van der Waals surface area contributed by atoms with Gasteiger partial charge in [-0.05, 0) is 59.1 Å². The summed E-state index contributed by atoms with van der Waals surface area (Å²) in [5.74, 6) is 7.16. The zero-order chi connectivity index (χ0) is 25.6. The molecule has 192 valence electrons. The van der Waals surface area contributed by atoms with Gasteiger partial charge in [0.1, 0.15) is 5.84 Å². The average Bonchev–Trinajstić information content (AvgIpc) is 3.09. The van der Waals surface area contributed by atoms with Crippen molar-refractivity contribution in [3.05, 3.63) is 21.4 Å². The molecular weight excluding hydrogens is 464 g/mol. The summed E-state index contributed by atoms with van der Waals surface area (Å²) in [5, 5.41) is 11.7. The standard InChI is InChI=1S/C26H38N4O4S/c1-6-12-30(33-7-2)24(31)19-15-22-21(28-23(27)16-19)17-20(35-22)9-8-18-10-13-29(14-11-18)25(32)34-26(3,4)5/h15,17-18,25,32H,6-7,10-14,16H2,1-5H3,(H2,27,28). The number of amidine groups is 1. The van der Waals surface area contributed by atoms with Crippen molar-refractivity contribution in [1.29, 1.82) is 0 Å². The molecular formula is C26H38N4O4S. The molecule has 3 rings (SSSR count). The van der Waals surface area contributed by atoms with Crippen molar-refractivity contribution >= 4 is 34.8 Å². The van der Waals surface area contributed by atoms with E-state index in [0.29, 0.717) is 24.6 Å². The molecule has 1 amide bonds. The van der Waals surface area contributed by atoms with Crippen molar-refractivity contribution in [1.82, 2.24) is 9.96 Å². The van der Waals surface area contributed by atoms with Crippen LogP contribution >= 0.6 is 11.3 Å². The Kier molecular flexibility index (Phi) is 9.50. The number of fused-ring (bicyclic) bond motifs is 1. The van der Waals surface area contributed by atoms with Gasteiger partial charge >= 0.3 is 0 Å². The fraction of sp³-hybridized carbons (Fsp3) is 0.615. The van der Waals surface area contributed by atoms with Gasteiger partial charge in [0.25, 0.3) is 5.91 Å². The lowest BCUT2D eigenvalue weighted by atomic mass is 9.97. The molecule has 3 N–H and O–H groups in total. The second-order valence-corrected chi connectivity index (χ2v) is 10.9. The third kappa shape index (κ3) is 7.89. The number of amides is 1. The highest BCUT2D eigenvalue weighted by Crippen LogP contribution is 2.34. The second kappa shape index (κ2) is 12.2. The zero-order valence-electron chi connectivity index (χ0n) is 21.5. The molecule has 9 heteroatoms. The van der Waals surface area contributed by atoms with Gasteiger partial charge in [-0.25, -0.2) is 10.1 Å². The number of hydroxylamine groups is 2. The topological polar surface area (TPSA) is 101 Å². The number of carbonyl (C=O) groups excluding carboxylic acids is 1. The number of rotatable bonds is 7. The molecule has 1 aromatic heterocycles. The number of nitrogens with two attached hydrogens (primary N) is 1. The van der Waals surface area contributed by atoms with E-state index in [1.807, 2.05) is 51.7 Å². The van der Waals surface area contributed by atoms with E-state index in [9.17, 15) is 9.90 Å². The van der Waals surface area contributed by atoms with Crippen LogP contribution < -0.4 is 5.73 Å². The van der Waals surface area contributed by atoms with Gasteiger partial charge in [0, 0.05) is 37.5 Å². The molecule has 0 spiro atoms. The van der Waals surface area contributed by atoms with Crippen LogP contribution in [0.1, 0.15) is 70.1 Å². The van der Waals surface area contributed by atoms with Crippen LogP contribution in [0.15, 0.2) is 16.6 Å². The first kappa shape index (κ1) is 27.4. The first-order valence-electron chi connectivity index (χ1n) is 12.3. The quantitative estimate of drug-likeness (QED) is 0.334. The molecule has 35 heavy (non-hydrogen) atoms. The first-order chi connectivity index (χ1) is 16.6. The number of aliphatic hydroxyl groups is 1. The molecule has 0 aliphatic carbocycles. The van der Waals surface area contributed by atoms with E-state index in [-0.39, 0.29) is 18.2 Å². The summed E-state index contributed by atoms with van der Waals surface area (Å²) in [5.41, 5.74) is 7.05. The van der Waals surface area contributed by atoms with Crippen LogP contribution in [0.3, 0.4) is 0 Å². The lowest BCUT2D eigenvalue weighted by Crippen LogP contribution is -2.45. The number of likely N-dealkylation sites (tertiary alicyclic amines) is 1. The van der Waals surface area contributed by atoms with Gasteiger partial charge in [-0.1, -0.05) is 18.8 Å². The molecule has 1 atom stereocenters. The number of carbonyl (C=O) groups is 1. The lowest BCUT2D eigenvalue weighted by Gasteiger charge is -2.36. The number of aliphatic imine (C=N–C) groups is 1. The van der Waals surface area contributed by atoms with Gasteiger partial charge < -0.3 is 15.6 Å². The summed E-state index contributed by atoms with van der Waals surface area (Å²) in [7, 11) is 0. The number of thiophene rings is 1. The Bertz CT molecular complexity index is 1000. The Labute approximate surface area is 212 Å². The van der Waals surface area contributed by atoms with Gasteiger partial charge in [-0.2, -0.15) is 0 Å². The Morgan fingerprint density at radius 1 is 1.37 bits per heavy atom. The van der Waals surface area contributed by atoms with Crippen molar-refractivity contribution in [2.24, 2.45) is 16.6 Å². The summed E-state index contributed by atoms with van der Waals surface area (Å²) in [6, 6.07) is 1.94. The van der Waals surface area contributed by atoms with Crippen molar-refractivity contribution in [3.63, 3.8) is 0 Å². The highest BCUT2D eigenvalue weighted by molar-refractivity contribution is 7.14. The number of hydrogen-bond donors (Lipinski definition) is 2. The van der Waals surface area contributed by atoms with Gasteiger partial charge in [0.2, 0.25) is 6.41 Å². The number of aliphatic hydroxyl groups excluding tert-OH is 1.